The molecule has 0 saturated heterocycles. The lowest BCUT2D eigenvalue weighted by Crippen LogP contribution is -2.29. The van der Waals surface area contributed by atoms with E-state index in [9.17, 15) is 18.3 Å². The van der Waals surface area contributed by atoms with Gasteiger partial charge in [-0.2, -0.15) is 9.40 Å². The first kappa shape index (κ1) is 26.3. The number of carbonyl (C=O) groups excluding carboxylic acids is 1. The minimum atomic E-state index is -3.62. The minimum Gasteiger partial charge on any atom is -0.461 e. The van der Waals surface area contributed by atoms with Gasteiger partial charge in [0.05, 0.1) is 30.1 Å². The topological polar surface area (TPSA) is 107 Å². The number of aromatic nitrogens is 3. The molecule has 0 spiro atoms. The Morgan fingerprint density at radius 1 is 1.22 bits per heavy atom. The Labute approximate surface area is 210 Å². The quantitative estimate of drug-likeness (QED) is 0.501. The summed E-state index contributed by atoms with van der Waals surface area (Å²) in [4.78, 5) is 13.2. The third-order valence-electron chi connectivity index (χ3n) is 6.79. The standard InChI is InChI=1S/C25H33FN4O5S/c1-5-20-22-19(27-29(20)4)15-28(3)36(33,34)14-8-12-30-23-17(10-11-18(26)21(22)23)16(9-7-13-31)24(30)25(32)35-6-2/h10-11,31H,5-9,12-15H2,1-4H3. The number of benzene rings is 1. The number of esters is 1. The number of nitrogens with zero attached hydrogens (tertiary/aromatic N) is 4. The van der Waals surface area contributed by atoms with Crippen molar-refractivity contribution in [2.24, 2.45) is 7.05 Å². The van der Waals surface area contributed by atoms with Gasteiger partial charge in [-0.05, 0) is 50.3 Å². The monoisotopic (exact) mass is 520 g/mol. The Kier molecular flexibility index (Phi) is 7.53. The van der Waals surface area contributed by atoms with Gasteiger partial charge in [-0.3, -0.25) is 4.68 Å². The highest BCUT2D eigenvalue weighted by atomic mass is 32.2. The number of sulfonamides is 1. The fraction of sp³-hybridized carbons (Fsp3) is 0.520. The SMILES string of the molecule is CCOC(=O)c1c(CCCO)c2ccc(F)c3c2n1CCCS(=O)(=O)N(C)Cc1nn(C)c(CC)c1-3. The van der Waals surface area contributed by atoms with Crippen LogP contribution in [0.25, 0.3) is 22.0 Å². The molecule has 0 atom stereocenters. The normalized spacial score (nSPS) is 16.1. The molecule has 1 aromatic carbocycles. The molecule has 0 unspecified atom stereocenters. The second-order valence-corrected chi connectivity index (χ2v) is 11.2. The molecular weight excluding hydrogens is 487 g/mol. The molecule has 36 heavy (non-hydrogen) atoms. The average molecular weight is 521 g/mol. The predicted molar refractivity (Wildman–Crippen MR) is 135 cm³/mol. The van der Waals surface area contributed by atoms with Gasteiger partial charge < -0.3 is 14.4 Å². The summed E-state index contributed by atoms with van der Waals surface area (Å²) in [5.41, 5.74) is 3.55. The Morgan fingerprint density at radius 3 is 2.64 bits per heavy atom. The Balaban J connectivity index is 2.17. The first-order valence-corrected chi connectivity index (χ1v) is 13.9. The molecule has 1 aliphatic rings. The van der Waals surface area contributed by atoms with Crippen LogP contribution in [0.2, 0.25) is 0 Å². The van der Waals surface area contributed by atoms with Crippen LogP contribution in [0.5, 0.6) is 0 Å². The smallest absolute Gasteiger partial charge is 0.355 e. The molecule has 2 aromatic heterocycles. The number of aliphatic hydroxyl groups excluding tert-OH is 1. The molecule has 0 fully saturated rings. The molecule has 3 aromatic rings. The van der Waals surface area contributed by atoms with Gasteiger partial charge in [0, 0.05) is 49.5 Å². The zero-order valence-corrected chi connectivity index (χ0v) is 22.0. The summed E-state index contributed by atoms with van der Waals surface area (Å²) in [5, 5.41) is 14.8. The van der Waals surface area contributed by atoms with E-state index in [2.05, 4.69) is 5.10 Å². The Morgan fingerprint density at radius 2 is 1.97 bits per heavy atom. The van der Waals surface area contributed by atoms with Crippen molar-refractivity contribution in [3.05, 3.63) is 40.6 Å². The number of aliphatic hydroxyl groups is 1. The molecule has 11 heteroatoms. The van der Waals surface area contributed by atoms with Gasteiger partial charge in [-0.15, -0.1) is 0 Å². The van der Waals surface area contributed by atoms with E-state index in [4.69, 9.17) is 4.74 Å². The third-order valence-corrected chi connectivity index (χ3v) is 8.67. The van der Waals surface area contributed by atoms with Crippen LogP contribution in [-0.2, 0) is 47.7 Å². The summed E-state index contributed by atoms with van der Waals surface area (Å²) in [7, 11) is -0.350. The number of hydrogen-bond donors (Lipinski definition) is 1. The van der Waals surface area contributed by atoms with E-state index in [-0.39, 0.29) is 44.2 Å². The highest BCUT2D eigenvalue weighted by Gasteiger charge is 2.32. The first-order chi connectivity index (χ1) is 17.2. The van der Waals surface area contributed by atoms with Crippen LogP contribution in [0.4, 0.5) is 4.39 Å². The number of carbonyl (C=O) groups is 1. The first-order valence-electron chi connectivity index (χ1n) is 12.3. The van der Waals surface area contributed by atoms with Crippen LogP contribution in [0.3, 0.4) is 0 Å². The van der Waals surface area contributed by atoms with Crippen molar-refractivity contribution in [2.75, 3.05) is 26.0 Å². The molecule has 0 radical (unpaired) electrons. The molecule has 0 saturated carbocycles. The average Bonchev–Trinajstić information content (AvgIpc) is 3.30. The van der Waals surface area contributed by atoms with E-state index in [0.717, 1.165) is 5.69 Å². The maximum atomic E-state index is 15.8. The Hall–Kier alpha value is -2.76. The fourth-order valence-corrected chi connectivity index (χ4v) is 6.32. The summed E-state index contributed by atoms with van der Waals surface area (Å²) in [6.07, 6.45) is 1.58. The van der Waals surface area contributed by atoms with Gasteiger partial charge in [0.15, 0.2) is 0 Å². The fourth-order valence-electron chi connectivity index (χ4n) is 5.19. The van der Waals surface area contributed by atoms with E-state index < -0.39 is 21.8 Å². The summed E-state index contributed by atoms with van der Waals surface area (Å²) < 4.78 is 52.0. The lowest BCUT2D eigenvalue weighted by atomic mass is 9.96. The Bertz CT molecular complexity index is 1410. The van der Waals surface area contributed by atoms with Gasteiger partial charge in [-0.1, -0.05) is 6.92 Å². The van der Waals surface area contributed by atoms with E-state index in [0.29, 0.717) is 52.5 Å². The van der Waals surface area contributed by atoms with Gasteiger partial charge in [-0.25, -0.2) is 17.6 Å². The molecule has 1 aliphatic heterocycles. The predicted octanol–water partition coefficient (Wildman–Crippen LogP) is 3.01. The van der Waals surface area contributed by atoms with E-state index in [1.807, 2.05) is 6.92 Å². The van der Waals surface area contributed by atoms with Crippen molar-refractivity contribution in [2.45, 2.75) is 52.6 Å². The number of halogens is 1. The van der Waals surface area contributed by atoms with Gasteiger partial charge >= 0.3 is 5.97 Å². The van der Waals surface area contributed by atoms with Crippen molar-refractivity contribution in [1.82, 2.24) is 18.7 Å². The van der Waals surface area contributed by atoms with Gasteiger partial charge in [0.2, 0.25) is 10.0 Å². The largest absolute Gasteiger partial charge is 0.461 e. The van der Waals surface area contributed by atoms with Crippen LogP contribution < -0.4 is 0 Å². The van der Waals surface area contributed by atoms with Crippen LogP contribution in [0.1, 0.15) is 54.1 Å². The molecule has 1 N–H and O–H groups in total. The molecule has 0 amide bonds. The molecule has 3 heterocycles. The highest BCUT2D eigenvalue weighted by molar-refractivity contribution is 7.89. The maximum absolute atomic E-state index is 15.8. The lowest BCUT2D eigenvalue weighted by molar-refractivity contribution is 0.0512. The second-order valence-electron chi connectivity index (χ2n) is 9.02. The van der Waals surface area contributed by atoms with Crippen molar-refractivity contribution < 1.29 is 27.4 Å². The molecular formula is C25H33FN4O5S. The number of fused-ring (bicyclic) bond motifs is 2. The summed E-state index contributed by atoms with van der Waals surface area (Å²) in [6, 6.07) is 3.04. The third kappa shape index (κ3) is 4.44. The molecule has 9 nitrogen and oxygen atoms in total. The summed E-state index contributed by atoms with van der Waals surface area (Å²) in [6.45, 7) is 3.93. The van der Waals surface area contributed by atoms with E-state index >= 15 is 4.39 Å². The van der Waals surface area contributed by atoms with Crippen molar-refractivity contribution in [3.63, 3.8) is 0 Å². The number of hydrogen-bond acceptors (Lipinski definition) is 6. The van der Waals surface area contributed by atoms with Crippen LogP contribution >= 0.6 is 0 Å². The van der Waals surface area contributed by atoms with Crippen molar-refractivity contribution in [1.29, 1.82) is 0 Å². The van der Waals surface area contributed by atoms with Crippen LogP contribution in [0, 0.1) is 5.82 Å². The van der Waals surface area contributed by atoms with Crippen molar-refractivity contribution in [3.8, 4) is 11.1 Å². The van der Waals surface area contributed by atoms with Crippen LogP contribution in [-0.4, -0.2) is 64.2 Å². The second kappa shape index (κ2) is 10.3. The highest BCUT2D eigenvalue weighted by Crippen LogP contribution is 2.41. The molecule has 4 rings (SSSR count). The van der Waals surface area contributed by atoms with Gasteiger partial charge in [0.25, 0.3) is 0 Å². The number of ether oxygens (including phenoxy) is 1. The van der Waals surface area contributed by atoms with Crippen LogP contribution in [0.15, 0.2) is 12.1 Å². The summed E-state index contributed by atoms with van der Waals surface area (Å²) >= 11 is 0. The van der Waals surface area contributed by atoms with Crippen molar-refractivity contribution >= 4 is 26.9 Å². The minimum absolute atomic E-state index is 0.00411. The summed E-state index contributed by atoms with van der Waals surface area (Å²) in [5.74, 6) is -1.16. The molecule has 196 valence electrons. The lowest BCUT2D eigenvalue weighted by Gasteiger charge is -2.16. The zero-order chi connectivity index (χ0) is 26.2. The van der Waals surface area contributed by atoms with Gasteiger partial charge in [0.1, 0.15) is 11.5 Å². The zero-order valence-electron chi connectivity index (χ0n) is 21.2. The molecule has 0 aliphatic carbocycles. The van der Waals surface area contributed by atoms with E-state index in [1.54, 1.807) is 29.3 Å². The number of rotatable bonds is 6. The maximum Gasteiger partial charge on any atom is 0.355 e. The number of aryl methyl sites for hydroxylation is 3. The molecule has 0 bridgehead atoms. The van der Waals surface area contributed by atoms with E-state index in [1.165, 1.54) is 17.4 Å².